The van der Waals surface area contributed by atoms with Gasteiger partial charge in [0.1, 0.15) is 18.0 Å². The first kappa shape index (κ1) is 15.9. The van der Waals surface area contributed by atoms with Gasteiger partial charge in [-0.05, 0) is 36.8 Å². The fraction of sp³-hybridized carbons (Fsp3) is 0.222. The van der Waals surface area contributed by atoms with Gasteiger partial charge in [-0.1, -0.05) is 11.6 Å². The van der Waals surface area contributed by atoms with E-state index in [1.807, 2.05) is 25.3 Å². The van der Waals surface area contributed by atoms with Crippen molar-refractivity contribution in [2.24, 2.45) is 0 Å². The number of ether oxygens (including phenoxy) is 3. The van der Waals surface area contributed by atoms with Gasteiger partial charge in [0.15, 0.2) is 12.5 Å². The number of pyridine rings is 1. The van der Waals surface area contributed by atoms with Crippen molar-refractivity contribution >= 4 is 23.2 Å². The highest BCUT2D eigenvalue weighted by Gasteiger charge is 2.19. The number of carbonyl (C=O) groups excluding carboxylic acids is 1. The van der Waals surface area contributed by atoms with Gasteiger partial charge in [-0.3, -0.25) is 0 Å². The van der Waals surface area contributed by atoms with Gasteiger partial charge in [0.05, 0.1) is 6.61 Å². The molecule has 0 aliphatic carbocycles. The van der Waals surface area contributed by atoms with E-state index in [0.717, 1.165) is 11.1 Å². The van der Waals surface area contributed by atoms with Crippen LogP contribution in [0.1, 0.15) is 27.2 Å². The molecule has 3 heterocycles. The zero-order chi connectivity index (χ0) is 17.4. The number of hydrogen-bond acceptors (Lipinski definition) is 5. The van der Waals surface area contributed by atoms with Crippen LogP contribution in [0.4, 0.5) is 0 Å². The Bertz CT molecular complexity index is 967. The Morgan fingerprint density at radius 1 is 1.40 bits per heavy atom. The Morgan fingerprint density at radius 2 is 2.28 bits per heavy atom. The van der Waals surface area contributed by atoms with E-state index < -0.39 is 5.97 Å². The van der Waals surface area contributed by atoms with Crippen LogP contribution in [0.15, 0.2) is 36.7 Å². The highest BCUT2D eigenvalue weighted by Crippen LogP contribution is 2.32. The minimum absolute atomic E-state index is 0.0502. The van der Waals surface area contributed by atoms with Crippen LogP contribution in [-0.2, 0) is 22.7 Å². The molecule has 4 rings (SSSR count). The standard InChI is InChI=1S/C18H15ClN2O4/c1-11-2-3-21-7-15(20-16(21)4-11)18(22)24-9-13-6-14(19)5-12-8-23-10-25-17(12)13/h2-7H,8-10H2,1H3. The van der Waals surface area contributed by atoms with E-state index in [1.54, 1.807) is 22.7 Å². The number of nitrogens with zero attached hydrogens (tertiary/aromatic N) is 2. The monoisotopic (exact) mass is 358 g/mol. The van der Waals surface area contributed by atoms with Crippen LogP contribution < -0.4 is 4.74 Å². The first-order valence-corrected chi connectivity index (χ1v) is 8.12. The van der Waals surface area contributed by atoms with E-state index in [1.165, 1.54) is 0 Å². The summed E-state index contributed by atoms with van der Waals surface area (Å²) in [6.45, 7) is 2.61. The third-order valence-electron chi connectivity index (χ3n) is 3.94. The number of aromatic nitrogens is 2. The lowest BCUT2D eigenvalue weighted by Gasteiger charge is -2.20. The van der Waals surface area contributed by atoms with E-state index in [0.29, 0.717) is 28.6 Å². The van der Waals surface area contributed by atoms with Gasteiger partial charge in [0.2, 0.25) is 0 Å². The molecule has 0 atom stereocenters. The van der Waals surface area contributed by atoms with Crippen LogP contribution in [0.2, 0.25) is 5.02 Å². The van der Waals surface area contributed by atoms with Crippen LogP contribution in [-0.4, -0.2) is 22.1 Å². The first-order chi connectivity index (χ1) is 12.1. The molecule has 7 heteroatoms. The van der Waals surface area contributed by atoms with E-state index in [2.05, 4.69) is 4.98 Å². The summed E-state index contributed by atoms with van der Waals surface area (Å²) >= 11 is 6.12. The molecule has 3 aromatic rings. The van der Waals surface area contributed by atoms with Crippen molar-refractivity contribution in [2.45, 2.75) is 20.1 Å². The summed E-state index contributed by atoms with van der Waals surface area (Å²) in [5, 5.41) is 0.544. The van der Waals surface area contributed by atoms with Crippen molar-refractivity contribution in [3.63, 3.8) is 0 Å². The Morgan fingerprint density at radius 3 is 3.16 bits per heavy atom. The summed E-state index contributed by atoms with van der Waals surface area (Å²) in [6, 6.07) is 7.36. The third kappa shape index (κ3) is 3.18. The highest BCUT2D eigenvalue weighted by molar-refractivity contribution is 6.30. The van der Waals surface area contributed by atoms with Crippen molar-refractivity contribution < 1.29 is 19.0 Å². The molecular formula is C18H15ClN2O4. The zero-order valence-corrected chi connectivity index (χ0v) is 14.2. The van der Waals surface area contributed by atoms with Crippen molar-refractivity contribution in [3.8, 4) is 5.75 Å². The SMILES string of the molecule is Cc1ccn2cc(C(=O)OCc3cc(Cl)cc4c3OCOC4)nc2c1. The molecule has 1 aromatic carbocycles. The summed E-state index contributed by atoms with van der Waals surface area (Å²) in [5.74, 6) is 0.163. The van der Waals surface area contributed by atoms with Crippen molar-refractivity contribution in [1.29, 1.82) is 0 Å². The molecule has 6 nitrogen and oxygen atoms in total. The topological polar surface area (TPSA) is 62.1 Å². The fourth-order valence-corrected chi connectivity index (χ4v) is 3.03. The minimum Gasteiger partial charge on any atom is -0.467 e. The third-order valence-corrected chi connectivity index (χ3v) is 4.15. The van der Waals surface area contributed by atoms with E-state index in [4.69, 9.17) is 25.8 Å². The minimum atomic E-state index is -0.498. The van der Waals surface area contributed by atoms with Crippen LogP contribution >= 0.6 is 11.6 Å². The van der Waals surface area contributed by atoms with Gasteiger partial charge in [-0.2, -0.15) is 0 Å². The van der Waals surface area contributed by atoms with E-state index in [-0.39, 0.29) is 19.1 Å². The molecule has 25 heavy (non-hydrogen) atoms. The Labute approximate surface area is 148 Å². The molecule has 0 radical (unpaired) electrons. The second-order valence-corrected chi connectivity index (χ2v) is 6.27. The highest BCUT2D eigenvalue weighted by atomic mass is 35.5. The van der Waals surface area contributed by atoms with Crippen molar-refractivity contribution in [3.05, 3.63) is 64.1 Å². The lowest BCUT2D eigenvalue weighted by Crippen LogP contribution is -2.14. The van der Waals surface area contributed by atoms with Crippen molar-refractivity contribution in [1.82, 2.24) is 9.38 Å². The Kier molecular flexibility index (Phi) is 4.07. The van der Waals surface area contributed by atoms with E-state index >= 15 is 0 Å². The molecule has 1 aliphatic heterocycles. The van der Waals surface area contributed by atoms with Crippen LogP contribution in [0.25, 0.3) is 5.65 Å². The summed E-state index contributed by atoms with van der Waals surface area (Å²) < 4.78 is 17.9. The number of halogens is 1. The quantitative estimate of drug-likeness (QED) is 0.670. The molecule has 0 N–H and O–H groups in total. The predicted molar refractivity (Wildman–Crippen MR) is 90.8 cm³/mol. The summed E-state index contributed by atoms with van der Waals surface area (Å²) in [4.78, 5) is 16.6. The van der Waals surface area contributed by atoms with Crippen LogP contribution in [0.5, 0.6) is 5.75 Å². The maximum atomic E-state index is 12.3. The summed E-state index contributed by atoms with van der Waals surface area (Å²) in [7, 11) is 0. The lowest BCUT2D eigenvalue weighted by molar-refractivity contribution is -0.0180. The largest absolute Gasteiger partial charge is 0.467 e. The van der Waals surface area contributed by atoms with Gasteiger partial charge < -0.3 is 18.6 Å². The number of aryl methyl sites for hydroxylation is 1. The number of imidazole rings is 1. The zero-order valence-electron chi connectivity index (χ0n) is 13.5. The number of rotatable bonds is 3. The smallest absolute Gasteiger partial charge is 0.358 e. The maximum Gasteiger partial charge on any atom is 0.358 e. The molecule has 1 aliphatic rings. The summed E-state index contributed by atoms with van der Waals surface area (Å²) in [5.41, 5.74) is 3.58. The predicted octanol–water partition coefficient (Wildman–Crippen LogP) is 3.52. The number of fused-ring (bicyclic) bond motifs is 2. The molecule has 0 saturated carbocycles. The number of carbonyl (C=O) groups is 1. The fourth-order valence-electron chi connectivity index (χ4n) is 2.76. The van der Waals surface area contributed by atoms with Crippen LogP contribution in [0.3, 0.4) is 0 Å². The van der Waals surface area contributed by atoms with Crippen LogP contribution in [0, 0.1) is 6.92 Å². The molecule has 0 bridgehead atoms. The maximum absolute atomic E-state index is 12.3. The Hall–Kier alpha value is -2.57. The number of benzene rings is 1. The van der Waals surface area contributed by atoms with Gasteiger partial charge >= 0.3 is 5.97 Å². The lowest BCUT2D eigenvalue weighted by atomic mass is 10.1. The molecule has 0 amide bonds. The molecule has 0 spiro atoms. The van der Waals surface area contributed by atoms with E-state index in [9.17, 15) is 4.79 Å². The normalized spacial score (nSPS) is 13.4. The molecule has 0 fully saturated rings. The number of hydrogen-bond donors (Lipinski definition) is 0. The molecule has 128 valence electrons. The average molecular weight is 359 g/mol. The molecular weight excluding hydrogens is 344 g/mol. The van der Waals surface area contributed by atoms with Gasteiger partial charge in [-0.15, -0.1) is 0 Å². The molecule has 0 saturated heterocycles. The van der Waals surface area contributed by atoms with Gasteiger partial charge in [-0.25, -0.2) is 9.78 Å². The second-order valence-electron chi connectivity index (χ2n) is 5.84. The van der Waals surface area contributed by atoms with Crippen molar-refractivity contribution in [2.75, 3.05) is 6.79 Å². The van der Waals surface area contributed by atoms with Gasteiger partial charge in [0, 0.05) is 28.5 Å². The number of esters is 1. The van der Waals surface area contributed by atoms with Gasteiger partial charge in [0.25, 0.3) is 0 Å². The second kappa shape index (κ2) is 6.38. The molecule has 2 aromatic heterocycles. The first-order valence-electron chi connectivity index (χ1n) is 7.74. The Balaban J connectivity index is 1.54. The average Bonchev–Trinajstić information content (AvgIpc) is 3.02. The summed E-state index contributed by atoms with van der Waals surface area (Å²) in [6.07, 6.45) is 3.50. The molecule has 0 unspecified atom stereocenters.